The van der Waals surface area contributed by atoms with E-state index in [1.54, 1.807) is 0 Å². The summed E-state index contributed by atoms with van der Waals surface area (Å²) in [5.41, 5.74) is 13.7. The SMILES string of the molecule is C=C(C)C=C(C=CC)c1ccc(-n2c3ccccc3c3ccc(N)cc32)cc1. The number of hydrogen-bond acceptors (Lipinski definition) is 1. The third kappa shape index (κ3) is 3.14. The molecule has 2 nitrogen and oxygen atoms in total. The minimum Gasteiger partial charge on any atom is -0.399 e. The molecule has 0 saturated heterocycles. The molecule has 4 rings (SSSR count). The lowest BCUT2D eigenvalue weighted by Gasteiger charge is -2.10. The Bertz CT molecular complexity index is 1230. The number of nitrogen functional groups attached to an aromatic ring is 1. The molecule has 0 atom stereocenters. The first kappa shape index (κ1) is 17.9. The Hall–Kier alpha value is -3.52. The van der Waals surface area contributed by atoms with E-state index in [1.165, 1.54) is 21.9 Å². The van der Waals surface area contributed by atoms with Crippen molar-refractivity contribution in [2.24, 2.45) is 0 Å². The zero-order valence-corrected chi connectivity index (χ0v) is 16.3. The van der Waals surface area contributed by atoms with Crippen molar-refractivity contribution in [1.29, 1.82) is 0 Å². The van der Waals surface area contributed by atoms with Crippen molar-refractivity contribution in [3.8, 4) is 5.69 Å². The Labute approximate surface area is 165 Å². The van der Waals surface area contributed by atoms with Gasteiger partial charge in [-0.1, -0.05) is 66.8 Å². The number of nitrogens with zero attached hydrogens (tertiary/aromatic N) is 1. The average Bonchev–Trinajstić information content (AvgIpc) is 3.01. The maximum absolute atomic E-state index is 6.10. The van der Waals surface area contributed by atoms with Crippen molar-refractivity contribution in [3.63, 3.8) is 0 Å². The molecule has 28 heavy (non-hydrogen) atoms. The molecule has 0 bridgehead atoms. The lowest BCUT2D eigenvalue weighted by molar-refractivity contribution is 1.18. The highest BCUT2D eigenvalue weighted by Crippen LogP contribution is 2.33. The zero-order valence-electron chi connectivity index (χ0n) is 16.3. The topological polar surface area (TPSA) is 30.9 Å². The van der Waals surface area contributed by atoms with E-state index >= 15 is 0 Å². The fourth-order valence-electron chi connectivity index (χ4n) is 3.74. The lowest BCUT2D eigenvalue weighted by atomic mass is 10.0. The number of fused-ring (bicyclic) bond motifs is 3. The van der Waals surface area contributed by atoms with Crippen LogP contribution in [-0.2, 0) is 0 Å². The summed E-state index contributed by atoms with van der Waals surface area (Å²) in [5.74, 6) is 0. The first-order valence-corrected chi connectivity index (χ1v) is 9.48. The second-order valence-electron chi connectivity index (χ2n) is 7.12. The van der Waals surface area contributed by atoms with Gasteiger partial charge in [-0.15, -0.1) is 0 Å². The lowest BCUT2D eigenvalue weighted by Crippen LogP contribution is -1.95. The highest BCUT2D eigenvalue weighted by atomic mass is 15.0. The van der Waals surface area contributed by atoms with Crippen LogP contribution in [0.25, 0.3) is 33.1 Å². The minimum absolute atomic E-state index is 0.771. The normalized spacial score (nSPS) is 12.3. The summed E-state index contributed by atoms with van der Waals surface area (Å²) in [5, 5.41) is 2.45. The van der Waals surface area contributed by atoms with Crippen LogP contribution in [0, 0.1) is 0 Å². The molecule has 0 amide bonds. The quantitative estimate of drug-likeness (QED) is 0.310. The van der Waals surface area contributed by atoms with Gasteiger partial charge < -0.3 is 10.3 Å². The molecule has 0 spiro atoms. The Morgan fingerprint density at radius 2 is 1.64 bits per heavy atom. The number of para-hydroxylation sites is 1. The van der Waals surface area contributed by atoms with Crippen molar-refractivity contribution in [2.45, 2.75) is 13.8 Å². The Morgan fingerprint density at radius 3 is 2.36 bits per heavy atom. The molecular weight excluding hydrogens is 340 g/mol. The van der Waals surface area contributed by atoms with Gasteiger partial charge in [-0.2, -0.15) is 0 Å². The zero-order chi connectivity index (χ0) is 19.7. The molecule has 0 fully saturated rings. The van der Waals surface area contributed by atoms with Crippen molar-refractivity contribution in [2.75, 3.05) is 5.73 Å². The number of aromatic nitrogens is 1. The molecule has 138 valence electrons. The summed E-state index contributed by atoms with van der Waals surface area (Å²) in [6.45, 7) is 8.06. The van der Waals surface area contributed by atoms with Crippen LogP contribution in [0.5, 0.6) is 0 Å². The molecule has 4 aromatic rings. The summed E-state index contributed by atoms with van der Waals surface area (Å²) in [6.07, 6.45) is 6.28. The van der Waals surface area contributed by atoms with Gasteiger partial charge in [-0.05, 0) is 55.3 Å². The second kappa shape index (κ2) is 7.24. The van der Waals surface area contributed by atoms with E-state index in [-0.39, 0.29) is 0 Å². The van der Waals surface area contributed by atoms with Gasteiger partial charge in [-0.25, -0.2) is 0 Å². The van der Waals surface area contributed by atoms with Gasteiger partial charge in [0.1, 0.15) is 0 Å². The first-order chi connectivity index (χ1) is 13.6. The molecule has 1 aromatic heterocycles. The van der Waals surface area contributed by atoms with Crippen molar-refractivity contribution in [1.82, 2.24) is 4.57 Å². The third-order valence-corrected chi connectivity index (χ3v) is 4.90. The number of benzene rings is 3. The van der Waals surface area contributed by atoms with Gasteiger partial charge >= 0.3 is 0 Å². The van der Waals surface area contributed by atoms with E-state index in [0.29, 0.717) is 0 Å². The fourth-order valence-corrected chi connectivity index (χ4v) is 3.74. The summed E-state index contributed by atoms with van der Waals surface area (Å²) in [6, 6.07) is 23.3. The summed E-state index contributed by atoms with van der Waals surface area (Å²) in [7, 11) is 0. The van der Waals surface area contributed by atoms with Crippen molar-refractivity contribution >= 4 is 33.1 Å². The molecule has 0 radical (unpaired) electrons. The highest BCUT2D eigenvalue weighted by Gasteiger charge is 2.12. The van der Waals surface area contributed by atoms with Crippen LogP contribution in [0.2, 0.25) is 0 Å². The van der Waals surface area contributed by atoms with E-state index < -0.39 is 0 Å². The van der Waals surface area contributed by atoms with Gasteiger partial charge in [0.05, 0.1) is 11.0 Å². The molecule has 1 heterocycles. The van der Waals surface area contributed by atoms with E-state index in [9.17, 15) is 0 Å². The number of hydrogen-bond donors (Lipinski definition) is 1. The van der Waals surface area contributed by atoms with Crippen LogP contribution in [0.1, 0.15) is 19.4 Å². The highest BCUT2D eigenvalue weighted by molar-refractivity contribution is 6.09. The first-order valence-electron chi connectivity index (χ1n) is 9.48. The fraction of sp³-hybridized carbons (Fsp3) is 0.0769. The monoisotopic (exact) mass is 364 g/mol. The Morgan fingerprint density at radius 1 is 0.929 bits per heavy atom. The second-order valence-corrected chi connectivity index (χ2v) is 7.12. The predicted octanol–water partition coefficient (Wildman–Crippen LogP) is 6.90. The number of nitrogens with two attached hydrogens (primary N) is 1. The molecular formula is C26H24N2. The molecule has 0 aliphatic heterocycles. The van der Waals surface area contributed by atoms with Gasteiger partial charge in [0, 0.05) is 22.1 Å². The molecule has 0 aliphatic rings. The largest absolute Gasteiger partial charge is 0.399 e. The van der Waals surface area contributed by atoms with Gasteiger partial charge in [0.2, 0.25) is 0 Å². The maximum atomic E-state index is 6.10. The van der Waals surface area contributed by atoms with Gasteiger partial charge in [0.25, 0.3) is 0 Å². The molecule has 3 aromatic carbocycles. The Kier molecular flexibility index (Phi) is 4.62. The van der Waals surface area contributed by atoms with Gasteiger partial charge in [-0.3, -0.25) is 0 Å². The van der Waals surface area contributed by atoms with E-state index in [0.717, 1.165) is 28.0 Å². The van der Waals surface area contributed by atoms with Crippen LogP contribution >= 0.6 is 0 Å². The van der Waals surface area contributed by atoms with Crippen molar-refractivity contribution < 1.29 is 0 Å². The average molecular weight is 364 g/mol. The predicted molar refractivity (Wildman–Crippen MR) is 123 cm³/mol. The van der Waals surface area contributed by atoms with E-state index in [4.69, 9.17) is 5.73 Å². The summed E-state index contributed by atoms with van der Waals surface area (Å²) >= 11 is 0. The number of anilines is 1. The van der Waals surface area contributed by atoms with E-state index in [2.05, 4.69) is 90.0 Å². The molecule has 2 heteroatoms. The standard InChI is InChI=1S/C26H24N2/c1-4-7-20(16-18(2)3)19-10-13-22(14-11-19)28-25-9-6-5-8-23(25)24-15-12-21(27)17-26(24)28/h4-17H,2,27H2,1,3H3. The van der Waals surface area contributed by atoms with Crippen LogP contribution in [-0.4, -0.2) is 4.57 Å². The summed E-state index contributed by atoms with van der Waals surface area (Å²) in [4.78, 5) is 0. The van der Waals surface area contributed by atoms with Crippen LogP contribution < -0.4 is 5.73 Å². The van der Waals surface area contributed by atoms with Gasteiger partial charge in [0.15, 0.2) is 0 Å². The molecule has 0 unspecified atom stereocenters. The molecule has 0 saturated carbocycles. The third-order valence-electron chi connectivity index (χ3n) is 4.90. The van der Waals surface area contributed by atoms with E-state index in [1.807, 2.05) is 19.9 Å². The number of allylic oxidation sites excluding steroid dienone is 5. The summed E-state index contributed by atoms with van der Waals surface area (Å²) < 4.78 is 2.28. The number of rotatable bonds is 4. The van der Waals surface area contributed by atoms with Crippen LogP contribution in [0.4, 0.5) is 5.69 Å². The Balaban J connectivity index is 1.91. The smallest absolute Gasteiger partial charge is 0.0561 e. The molecule has 0 aliphatic carbocycles. The van der Waals surface area contributed by atoms with Crippen molar-refractivity contribution in [3.05, 3.63) is 103 Å². The van der Waals surface area contributed by atoms with Crippen LogP contribution in [0.15, 0.2) is 97.1 Å². The molecule has 2 N–H and O–H groups in total. The maximum Gasteiger partial charge on any atom is 0.0561 e. The van der Waals surface area contributed by atoms with Crippen LogP contribution in [0.3, 0.4) is 0 Å². The minimum atomic E-state index is 0.771.